The number of hydrogen-bond acceptors (Lipinski definition) is 2. The molecule has 2 amide bonds. The van der Waals surface area contributed by atoms with Crippen LogP contribution < -0.4 is 0 Å². The lowest BCUT2D eigenvalue weighted by atomic mass is 9.89. The average Bonchev–Trinajstić information content (AvgIpc) is 3.12. The van der Waals surface area contributed by atoms with Crippen LogP contribution in [-0.2, 0) is 9.59 Å². The van der Waals surface area contributed by atoms with Gasteiger partial charge in [-0.1, -0.05) is 20.8 Å². The summed E-state index contributed by atoms with van der Waals surface area (Å²) in [4.78, 5) is 27.8. The highest BCUT2D eigenvalue weighted by Gasteiger charge is 2.30. The van der Waals surface area contributed by atoms with E-state index in [1.165, 1.54) is 0 Å². The molecule has 0 bridgehead atoms. The maximum Gasteiger partial charge on any atom is 0.222 e. The van der Waals surface area contributed by atoms with E-state index in [1.807, 2.05) is 4.90 Å². The van der Waals surface area contributed by atoms with Crippen LogP contribution in [0.1, 0.15) is 53.4 Å². The normalized spacial score (nSPS) is 26.8. The summed E-state index contributed by atoms with van der Waals surface area (Å²) in [7, 11) is 0. The van der Waals surface area contributed by atoms with Gasteiger partial charge in [0.2, 0.25) is 11.8 Å². The first-order valence-corrected chi connectivity index (χ1v) is 8.91. The van der Waals surface area contributed by atoms with Crippen LogP contribution in [0.3, 0.4) is 0 Å². The van der Waals surface area contributed by atoms with Crippen molar-refractivity contribution in [3.05, 3.63) is 0 Å². The van der Waals surface area contributed by atoms with Crippen molar-refractivity contribution < 1.29 is 9.59 Å². The van der Waals surface area contributed by atoms with Gasteiger partial charge in [0, 0.05) is 39.5 Å². The van der Waals surface area contributed by atoms with Crippen LogP contribution in [-0.4, -0.2) is 47.8 Å². The zero-order valence-corrected chi connectivity index (χ0v) is 14.7. The number of carbonyl (C=O) groups is 2. The second-order valence-electron chi connectivity index (χ2n) is 7.66. The second kappa shape index (κ2) is 7.47. The van der Waals surface area contributed by atoms with Crippen molar-refractivity contribution in [3.8, 4) is 0 Å². The van der Waals surface area contributed by atoms with E-state index in [9.17, 15) is 9.59 Å². The Labute approximate surface area is 135 Å². The molecule has 2 aliphatic heterocycles. The molecular formula is C18H32N2O2. The van der Waals surface area contributed by atoms with Gasteiger partial charge in [-0.05, 0) is 42.9 Å². The fourth-order valence-electron chi connectivity index (χ4n) is 3.84. The molecule has 0 aromatic carbocycles. The average molecular weight is 308 g/mol. The first kappa shape index (κ1) is 17.3. The molecule has 22 heavy (non-hydrogen) atoms. The minimum absolute atomic E-state index is 0.183. The summed E-state index contributed by atoms with van der Waals surface area (Å²) in [6, 6.07) is 0. The van der Waals surface area contributed by atoms with E-state index in [1.54, 1.807) is 6.92 Å². The van der Waals surface area contributed by atoms with Gasteiger partial charge < -0.3 is 9.80 Å². The standard InChI is InChI=1S/C18H32N2O2/c1-13(2)16-7-10-20(11-16)18(22)6-5-14(3)17-8-9-19(12-17)15(4)21/h13-14,16-17H,5-12H2,1-4H3/t14?,16-,17+/m1/s1. The summed E-state index contributed by atoms with van der Waals surface area (Å²) in [6.07, 6.45) is 3.88. The van der Waals surface area contributed by atoms with E-state index in [4.69, 9.17) is 0 Å². The molecule has 3 atom stereocenters. The molecule has 0 saturated carbocycles. The Morgan fingerprint density at radius 2 is 1.59 bits per heavy atom. The SMILES string of the molecule is CC(=O)N1CC[C@H](C(C)CCC(=O)N2CC[C@@H](C(C)C)C2)C1. The Hall–Kier alpha value is -1.06. The molecule has 0 spiro atoms. The molecule has 1 unspecified atom stereocenters. The van der Waals surface area contributed by atoms with Gasteiger partial charge in [0.1, 0.15) is 0 Å². The third-order valence-corrected chi connectivity index (χ3v) is 5.81. The summed E-state index contributed by atoms with van der Waals surface area (Å²) in [5.74, 6) is 2.96. The minimum atomic E-state index is 0.183. The summed E-state index contributed by atoms with van der Waals surface area (Å²) in [5, 5.41) is 0. The minimum Gasteiger partial charge on any atom is -0.343 e. The van der Waals surface area contributed by atoms with Gasteiger partial charge in [-0.15, -0.1) is 0 Å². The van der Waals surface area contributed by atoms with E-state index in [0.29, 0.717) is 36.0 Å². The molecule has 4 nitrogen and oxygen atoms in total. The number of carbonyl (C=O) groups excluding carboxylic acids is 2. The lowest BCUT2D eigenvalue weighted by molar-refractivity contribution is -0.131. The molecule has 4 heteroatoms. The zero-order chi connectivity index (χ0) is 16.3. The largest absolute Gasteiger partial charge is 0.343 e. The molecule has 0 aliphatic carbocycles. The smallest absolute Gasteiger partial charge is 0.222 e. The van der Waals surface area contributed by atoms with Crippen molar-refractivity contribution >= 4 is 11.8 Å². The second-order valence-corrected chi connectivity index (χ2v) is 7.66. The number of nitrogens with zero attached hydrogens (tertiary/aromatic N) is 2. The fraction of sp³-hybridized carbons (Fsp3) is 0.889. The van der Waals surface area contributed by atoms with E-state index in [-0.39, 0.29) is 5.91 Å². The third-order valence-electron chi connectivity index (χ3n) is 5.81. The van der Waals surface area contributed by atoms with Crippen LogP contribution in [0.15, 0.2) is 0 Å². The Balaban J connectivity index is 1.71. The highest BCUT2D eigenvalue weighted by atomic mass is 16.2. The van der Waals surface area contributed by atoms with Gasteiger partial charge in [-0.25, -0.2) is 0 Å². The summed E-state index contributed by atoms with van der Waals surface area (Å²) < 4.78 is 0. The summed E-state index contributed by atoms with van der Waals surface area (Å²) >= 11 is 0. The van der Waals surface area contributed by atoms with Gasteiger partial charge in [0.05, 0.1) is 0 Å². The predicted molar refractivity (Wildman–Crippen MR) is 88.3 cm³/mol. The zero-order valence-electron chi connectivity index (χ0n) is 14.7. The van der Waals surface area contributed by atoms with Gasteiger partial charge in [-0.3, -0.25) is 9.59 Å². The molecule has 0 aromatic heterocycles. The van der Waals surface area contributed by atoms with Crippen molar-refractivity contribution in [2.45, 2.75) is 53.4 Å². The molecule has 126 valence electrons. The molecule has 0 radical (unpaired) electrons. The maximum atomic E-state index is 12.4. The monoisotopic (exact) mass is 308 g/mol. The Morgan fingerprint density at radius 3 is 2.14 bits per heavy atom. The van der Waals surface area contributed by atoms with Crippen LogP contribution in [0, 0.1) is 23.7 Å². The van der Waals surface area contributed by atoms with E-state index in [2.05, 4.69) is 25.7 Å². The van der Waals surface area contributed by atoms with Crippen LogP contribution in [0.2, 0.25) is 0 Å². The Morgan fingerprint density at radius 1 is 1.00 bits per heavy atom. The predicted octanol–water partition coefficient (Wildman–Crippen LogP) is 2.78. The number of rotatable bonds is 5. The van der Waals surface area contributed by atoms with Crippen molar-refractivity contribution in [1.82, 2.24) is 9.80 Å². The molecule has 2 aliphatic rings. The molecule has 0 N–H and O–H groups in total. The number of amides is 2. The molecule has 0 aromatic rings. The van der Waals surface area contributed by atoms with E-state index in [0.717, 1.165) is 45.4 Å². The highest BCUT2D eigenvalue weighted by molar-refractivity contribution is 5.76. The van der Waals surface area contributed by atoms with Crippen LogP contribution >= 0.6 is 0 Å². The van der Waals surface area contributed by atoms with Gasteiger partial charge in [0.25, 0.3) is 0 Å². The summed E-state index contributed by atoms with van der Waals surface area (Å²) in [6.45, 7) is 12.1. The number of likely N-dealkylation sites (tertiary alicyclic amines) is 2. The Bertz CT molecular complexity index is 408. The molecule has 2 rings (SSSR count). The first-order chi connectivity index (χ1) is 10.4. The van der Waals surface area contributed by atoms with Crippen molar-refractivity contribution in [1.29, 1.82) is 0 Å². The van der Waals surface area contributed by atoms with Gasteiger partial charge in [-0.2, -0.15) is 0 Å². The van der Waals surface area contributed by atoms with Gasteiger partial charge in [0.15, 0.2) is 0 Å². The third kappa shape index (κ3) is 4.23. The van der Waals surface area contributed by atoms with Gasteiger partial charge >= 0.3 is 0 Å². The lowest BCUT2D eigenvalue weighted by Crippen LogP contribution is -2.30. The van der Waals surface area contributed by atoms with Crippen molar-refractivity contribution in [3.63, 3.8) is 0 Å². The van der Waals surface area contributed by atoms with Crippen LogP contribution in [0.25, 0.3) is 0 Å². The lowest BCUT2D eigenvalue weighted by Gasteiger charge is -2.22. The molecular weight excluding hydrogens is 276 g/mol. The van der Waals surface area contributed by atoms with Crippen molar-refractivity contribution in [2.24, 2.45) is 23.7 Å². The maximum absolute atomic E-state index is 12.4. The van der Waals surface area contributed by atoms with Crippen LogP contribution in [0.5, 0.6) is 0 Å². The van der Waals surface area contributed by atoms with E-state index >= 15 is 0 Å². The Kier molecular flexibility index (Phi) is 5.87. The topological polar surface area (TPSA) is 40.6 Å². The fourth-order valence-corrected chi connectivity index (χ4v) is 3.84. The molecule has 2 fully saturated rings. The summed E-state index contributed by atoms with van der Waals surface area (Å²) in [5.41, 5.74) is 0. The van der Waals surface area contributed by atoms with Crippen LogP contribution in [0.4, 0.5) is 0 Å². The quantitative estimate of drug-likeness (QED) is 0.783. The molecule has 2 saturated heterocycles. The highest BCUT2D eigenvalue weighted by Crippen LogP contribution is 2.28. The van der Waals surface area contributed by atoms with E-state index < -0.39 is 0 Å². The molecule has 2 heterocycles. The number of hydrogen-bond donors (Lipinski definition) is 0. The van der Waals surface area contributed by atoms with Crippen molar-refractivity contribution in [2.75, 3.05) is 26.2 Å². The first-order valence-electron chi connectivity index (χ1n) is 8.91.